The van der Waals surface area contributed by atoms with Crippen LogP contribution in [-0.2, 0) is 23.0 Å². The van der Waals surface area contributed by atoms with Crippen molar-refractivity contribution in [3.63, 3.8) is 0 Å². The summed E-state index contributed by atoms with van der Waals surface area (Å²) in [7, 11) is 1.80. The van der Waals surface area contributed by atoms with Crippen molar-refractivity contribution in [3.8, 4) is 0 Å². The van der Waals surface area contributed by atoms with E-state index < -0.39 is 18.0 Å². The van der Waals surface area contributed by atoms with E-state index in [1.165, 1.54) is 6.92 Å². The number of ether oxygens (including phenoxy) is 1. The van der Waals surface area contributed by atoms with Gasteiger partial charge in [-0.25, -0.2) is 4.79 Å². The summed E-state index contributed by atoms with van der Waals surface area (Å²) >= 11 is 0.967. The molecule has 0 radical (unpaired) electrons. The Morgan fingerprint density at radius 2 is 2.09 bits per heavy atom. The molecule has 9 heteroatoms. The molecule has 1 amide bonds. The van der Waals surface area contributed by atoms with Crippen LogP contribution in [0.2, 0.25) is 0 Å². The topological polar surface area (TPSA) is 99.0 Å². The summed E-state index contributed by atoms with van der Waals surface area (Å²) in [6.45, 7) is 7.05. The van der Waals surface area contributed by atoms with Crippen LogP contribution in [0.1, 0.15) is 40.6 Å². The van der Waals surface area contributed by atoms with Crippen LogP contribution in [0.4, 0.5) is 5.69 Å². The summed E-state index contributed by atoms with van der Waals surface area (Å²) < 4.78 is 10.6. The van der Waals surface area contributed by atoms with Gasteiger partial charge in [-0.3, -0.25) is 9.48 Å². The second-order valence-electron chi connectivity index (χ2n) is 5.11. The Balaban J connectivity index is 2.04. The number of carbonyl (C=O) groups is 2. The van der Waals surface area contributed by atoms with Gasteiger partial charge in [0.2, 0.25) is 0 Å². The minimum Gasteiger partial charge on any atom is -0.448 e. The van der Waals surface area contributed by atoms with Gasteiger partial charge in [-0.1, -0.05) is 11.4 Å². The Labute approximate surface area is 138 Å². The molecule has 0 spiro atoms. The van der Waals surface area contributed by atoms with Gasteiger partial charge in [0.05, 0.1) is 22.8 Å². The van der Waals surface area contributed by atoms with Crippen LogP contribution >= 0.6 is 11.5 Å². The number of aromatic nitrogens is 4. The number of esters is 1. The Morgan fingerprint density at radius 1 is 1.39 bits per heavy atom. The van der Waals surface area contributed by atoms with E-state index in [1.807, 2.05) is 13.8 Å². The third-order valence-electron chi connectivity index (χ3n) is 3.49. The summed E-state index contributed by atoms with van der Waals surface area (Å²) in [6.07, 6.45) is -0.358. The Bertz CT molecular complexity index is 737. The molecule has 0 aliphatic rings. The van der Waals surface area contributed by atoms with Gasteiger partial charge in [0, 0.05) is 7.05 Å². The minimum absolute atomic E-state index is 0.334. The molecule has 2 heterocycles. The second-order valence-corrected chi connectivity index (χ2v) is 5.86. The Hall–Kier alpha value is -2.29. The van der Waals surface area contributed by atoms with E-state index in [4.69, 9.17) is 4.74 Å². The van der Waals surface area contributed by atoms with Crippen molar-refractivity contribution in [2.75, 3.05) is 5.32 Å². The number of rotatable bonds is 5. The Morgan fingerprint density at radius 3 is 2.65 bits per heavy atom. The number of anilines is 1. The van der Waals surface area contributed by atoms with Crippen LogP contribution in [0, 0.1) is 13.8 Å². The van der Waals surface area contributed by atoms with Crippen LogP contribution in [0.25, 0.3) is 0 Å². The van der Waals surface area contributed by atoms with Crippen molar-refractivity contribution in [1.29, 1.82) is 0 Å². The lowest BCUT2D eigenvalue weighted by molar-refractivity contribution is -0.123. The normalized spacial score (nSPS) is 12.0. The molecule has 1 atom stereocenters. The number of nitrogens with one attached hydrogen (secondary N) is 1. The second kappa shape index (κ2) is 6.86. The average Bonchev–Trinajstić information content (AvgIpc) is 3.07. The number of hydrogen-bond donors (Lipinski definition) is 1. The zero-order valence-electron chi connectivity index (χ0n) is 13.7. The first-order valence-corrected chi connectivity index (χ1v) is 7.95. The van der Waals surface area contributed by atoms with E-state index in [1.54, 1.807) is 18.7 Å². The van der Waals surface area contributed by atoms with Gasteiger partial charge in [0.1, 0.15) is 0 Å². The van der Waals surface area contributed by atoms with Crippen LogP contribution in [0.5, 0.6) is 0 Å². The highest BCUT2D eigenvalue weighted by Gasteiger charge is 2.24. The molecule has 2 aromatic rings. The molecule has 124 valence electrons. The molecule has 2 aromatic heterocycles. The SMILES string of the molecule is CCc1nnsc1C(=O)O[C@H](C)C(=O)Nc1c(C)nn(C)c1C. The van der Waals surface area contributed by atoms with Crippen LogP contribution in [0.15, 0.2) is 0 Å². The van der Waals surface area contributed by atoms with E-state index in [0.29, 0.717) is 28.4 Å². The molecular formula is C14H19N5O3S. The van der Waals surface area contributed by atoms with E-state index in [0.717, 1.165) is 17.2 Å². The van der Waals surface area contributed by atoms with Gasteiger partial charge in [0.15, 0.2) is 11.0 Å². The largest absolute Gasteiger partial charge is 0.448 e. The molecule has 2 rings (SSSR count). The number of nitrogens with zero attached hydrogens (tertiary/aromatic N) is 4. The maximum atomic E-state index is 12.2. The highest BCUT2D eigenvalue weighted by atomic mass is 32.1. The van der Waals surface area contributed by atoms with Gasteiger partial charge in [-0.15, -0.1) is 5.10 Å². The van der Waals surface area contributed by atoms with E-state index in [2.05, 4.69) is 20.0 Å². The predicted octanol–water partition coefficient (Wildman–Crippen LogP) is 1.63. The molecule has 0 aromatic carbocycles. The Kier molecular flexibility index (Phi) is 5.09. The molecule has 0 aliphatic heterocycles. The predicted molar refractivity (Wildman–Crippen MR) is 85.5 cm³/mol. The van der Waals surface area contributed by atoms with Gasteiger partial charge in [-0.2, -0.15) is 5.10 Å². The first kappa shape index (κ1) is 17.1. The monoisotopic (exact) mass is 337 g/mol. The number of amides is 1. The van der Waals surface area contributed by atoms with Crippen LogP contribution < -0.4 is 5.32 Å². The van der Waals surface area contributed by atoms with Crippen molar-refractivity contribution < 1.29 is 14.3 Å². The van der Waals surface area contributed by atoms with Gasteiger partial charge in [-0.05, 0) is 38.7 Å². The molecule has 0 bridgehead atoms. The lowest BCUT2D eigenvalue weighted by atomic mass is 10.2. The first-order chi connectivity index (χ1) is 10.8. The standard InChI is InChI=1S/C14H19N5O3S/c1-6-10-12(23-18-16-10)14(21)22-9(4)13(20)15-11-7(2)17-19(5)8(11)3/h9H,6H2,1-5H3,(H,15,20)/t9-/m1/s1. The first-order valence-electron chi connectivity index (χ1n) is 7.18. The number of aryl methyl sites for hydroxylation is 3. The van der Waals surface area contributed by atoms with Gasteiger partial charge >= 0.3 is 5.97 Å². The molecule has 0 unspecified atom stereocenters. The van der Waals surface area contributed by atoms with E-state index >= 15 is 0 Å². The summed E-state index contributed by atoms with van der Waals surface area (Å²) in [5.74, 6) is -0.993. The molecule has 0 saturated heterocycles. The maximum Gasteiger partial charge on any atom is 0.352 e. The zero-order chi connectivity index (χ0) is 17.1. The van der Waals surface area contributed by atoms with Crippen molar-refractivity contribution in [3.05, 3.63) is 22.0 Å². The zero-order valence-corrected chi connectivity index (χ0v) is 14.5. The van der Waals surface area contributed by atoms with E-state index in [9.17, 15) is 9.59 Å². The smallest absolute Gasteiger partial charge is 0.352 e. The highest BCUT2D eigenvalue weighted by Crippen LogP contribution is 2.19. The highest BCUT2D eigenvalue weighted by molar-refractivity contribution is 7.07. The van der Waals surface area contributed by atoms with Crippen molar-refractivity contribution >= 4 is 29.1 Å². The summed E-state index contributed by atoms with van der Waals surface area (Å²) in [5.41, 5.74) is 2.74. The molecule has 23 heavy (non-hydrogen) atoms. The summed E-state index contributed by atoms with van der Waals surface area (Å²) in [5, 5.41) is 10.8. The number of carbonyl (C=O) groups excluding carboxylic acids is 2. The quantitative estimate of drug-likeness (QED) is 0.833. The lowest BCUT2D eigenvalue weighted by Gasteiger charge is -2.13. The third-order valence-corrected chi connectivity index (χ3v) is 4.23. The fourth-order valence-electron chi connectivity index (χ4n) is 2.04. The molecule has 8 nitrogen and oxygen atoms in total. The lowest BCUT2D eigenvalue weighted by Crippen LogP contribution is -2.30. The summed E-state index contributed by atoms with van der Waals surface area (Å²) in [6, 6.07) is 0. The minimum atomic E-state index is -0.937. The van der Waals surface area contributed by atoms with Crippen LogP contribution in [-0.4, -0.2) is 37.3 Å². The fourth-order valence-corrected chi connectivity index (χ4v) is 2.68. The van der Waals surface area contributed by atoms with Gasteiger partial charge < -0.3 is 10.1 Å². The molecular weight excluding hydrogens is 318 g/mol. The molecule has 1 N–H and O–H groups in total. The number of hydrogen-bond acceptors (Lipinski definition) is 7. The van der Waals surface area contributed by atoms with Crippen molar-refractivity contribution in [1.82, 2.24) is 19.4 Å². The van der Waals surface area contributed by atoms with E-state index in [-0.39, 0.29) is 0 Å². The summed E-state index contributed by atoms with van der Waals surface area (Å²) in [4.78, 5) is 24.7. The molecule has 0 fully saturated rings. The van der Waals surface area contributed by atoms with Crippen molar-refractivity contribution in [2.24, 2.45) is 7.05 Å². The van der Waals surface area contributed by atoms with Crippen LogP contribution in [0.3, 0.4) is 0 Å². The molecule has 0 aliphatic carbocycles. The maximum absolute atomic E-state index is 12.2. The fraction of sp³-hybridized carbons (Fsp3) is 0.500. The van der Waals surface area contributed by atoms with Gasteiger partial charge in [0.25, 0.3) is 5.91 Å². The van der Waals surface area contributed by atoms with Crippen molar-refractivity contribution in [2.45, 2.75) is 40.2 Å². The average molecular weight is 337 g/mol. The third kappa shape index (κ3) is 3.55. The molecule has 0 saturated carbocycles.